The lowest BCUT2D eigenvalue weighted by Gasteiger charge is -2.34. The molecule has 5 rings (SSSR count). The first-order chi connectivity index (χ1) is 13.7. The molecule has 0 N–H and O–H groups in total. The van der Waals surface area contributed by atoms with Gasteiger partial charge >= 0.3 is 6.01 Å². The highest BCUT2D eigenvalue weighted by Gasteiger charge is 2.24. The van der Waals surface area contributed by atoms with Crippen molar-refractivity contribution >= 4 is 33.4 Å². The summed E-state index contributed by atoms with van der Waals surface area (Å²) < 4.78 is 5.53. The lowest BCUT2D eigenvalue weighted by atomic mass is 10.1. The standard InChI is InChI=1S/C20H20N6OS/c1-13-3-5-15(6-4-13)17-23-20(27-24-17)26-9-7-25(8-10-26)18-16-11-14(2)28-19(16)22-12-21-18/h3-6,11-12H,7-10H2,1-2H3. The minimum atomic E-state index is 0.578. The number of anilines is 2. The lowest BCUT2D eigenvalue weighted by Crippen LogP contribution is -2.47. The maximum absolute atomic E-state index is 5.53. The van der Waals surface area contributed by atoms with Crippen molar-refractivity contribution in [2.45, 2.75) is 13.8 Å². The van der Waals surface area contributed by atoms with E-state index in [1.807, 2.05) is 12.1 Å². The number of aromatic nitrogens is 4. The topological polar surface area (TPSA) is 71.2 Å². The van der Waals surface area contributed by atoms with Crippen molar-refractivity contribution in [2.75, 3.05) is 36.0 Å². The van der Waals surface area contributed by atoms with E-state index in [-0.39, 0.29) is 0 Å². The van der Waals surface area contributed by atoms with Gasteiger partial charge in [0, 0.05) is 36.6 Å². The Morgan fingerprint density at radius 2 is 1.71 bits per heavy atom. The monoisotopic (exact) mass is 392 g/mol. The van der Waals surface area contributed by atoms with E-state index in [9.17, 15) is 0 Å². The molecule has 0 atom stereocenters. The summed E-state index contributed by atoms with van der Waals surface area (Å²) in [6.07, 6.45) is 1.66. The lowest BCUT2D eigenvalue weighted by molar-refractivity contribution is 0.409. The van der Waals surface area contributed by atoms with Crippen LogP contribution < -0.4 is 9.80 Å². The summed E-state index contributed by atoms with van der Waals surface area (Å²) >= 11 is 1.71. The van der Waals surface area contributed by atoms with Gasteiger partial charge < -0.3 is 14.3 Å². The fourth-order valence-corrected chi connectivity index (χ4v) is 4.33. The number of nitrogens with zero attached hydrogens (tertiary/aromatic N) is 6. The Hall–Kier alpha value is -3.00. The van der Waals surface area contributed by atoms with Crippen LogP contribution in [0.5, 0.6) is 0 Å². The van der Waals surface area contributed by atoms with E-state index >= 15 is 0 Å². The van der Waals surface area contributed by atoms with Crippen LogP contribution in [-0.4, -0.2) is 46.3 Å². The zero-order valence-corrected chi connectivity index (χ0v) is 16.6. The molecule has 28 heavy (non-hydrogen) atoms. The third-order valence-electron chi connectivity index (χ3n) is 5.01. The van der Waals surface area contributed by atoms with E-state index in [1.54, 1.807) is 17.7 Å². The Bertz CT molecular complexity index is 1110. The highest BCUT2D eigenvalue weighted by atomic mass is 32.1. The van der Waals surface area contributed by atoms with E-state index in [0.29, 0.717) is 11.8 Å². The van der Waals surface area contributed by atoms with Crippen LogP contribution in [0.2, 0.25) is 0 Å². The molecule has 0 amide bonds. The zero-order valence-electron chi connectivity index (χ0n) is 15.8. The van der Waals surface area contributed by atoms with Crippen LogP contribution in [0, 0.1) is 13.8 Å². The third kappa shape index (κ3) is 3.09. The van der Waals surface area contributed by atoms with Crippen molar-refractivity contribution in [1.29, 1.82) is 0 Å². The first-order valence-electron chi connectivity index (χ1n) is 9.29. The van der Waals surface area contributed by atoms with E-state index in [0.717, 1.165) is 47.8 Å². The van der Waals surface area contributed by atoms with Gasteiger partial charge in [-0.3, -0.25) is 0 Å². The van der Waals surface area contributed by atoms with E-state index < -0.39 is 0 Å². The van der Waals surface area contributed by atoms with Gasteiger partial charge in [0.1, 0.15) is 17.0 Å². The molecule has 4 heterocycles. The van der Waals surface area contributed by atoms with Gasteiger partial charge in [-0.25, -0.2) is 9.97 Å². The molecule has 0 spiro atoms. The second kappa shape index (κ2) is 6.87. The number of hydrogen-bond acceptors (Lipinski definition) is 8. The fourth-order valence-electron chi connectivity index (χ4n) is 3.49. The Balaban J connectivity index is 1.31. The van der Waals surface area contributed by atoms with Gasteiger partial charge in [-0.15, -0.1) is 11.3 Å². The van der Waals surface area contributed by atoms with Crippen LogP contribution >= 0.6 is 11.3 Å². The smallest absolute Gasteiger partial charge is 0.324 e. The summed E-state index contributed by atoms with van der Waals surface area (Å²) in [6, 6.07) is 10.9. The maximum Gasteiger partial charge on any atom is 0.324 e. The molecule has 8 heteroatoms. The van der Waals surface area contributed by atoms with Crippen molar-refractivity contribution in [3.8, 4) is 11.4 Å². The average Bonchev–Trinajstić information content (AvgIpc) is 3.34. The summed E-state index contributed by atoms with van der Waals surface area (Å²) in [4.78, 5) is 20.3. The predicted molar refractivity (Wildman–Crippen MR) is 111 cm³/mol. The fraction of sp³-hybridized carbons (Fsp3) is 0.300. The second-order valence-corrected chi connectivity index (χ2v) is 8.25. The number of thiophene rings is 1. The van der Waals surface area contributed by atoms with Crippen LogP contribution in [0.4, 0.5) is 11.8 Å². The van der Waals surface area contributed by atoms with E-state index in [2.05, 4.69) is 62.0 Å². The molecule has 0 radical (unpaired) electrons. The first-order valence-corrected chi connectivity index (χ1v) is 10.1. The average molecular weight is 392 g/mol. The molecule has 1 aliphatic heterocycles. The number of rotatable bonds is 3. The molecular formula is C20H20N6OS. The van der Waals surface area contributed by atoms with Crippen molar-refractivity contribution < 1.29 is 4.52 Å². The van der Waals surface area contributed by atoms with Gasteiger partial charge in [-0.2, -0.15) is 4.98 Å². The molecule has 0 bridgehead atoms. The summed E-state index contributed by atoms with van der Waals surface area (Å²) in [5.74, 6) is 1.64. The van der Waals surface area contributed by atoms with Crippen molar-refractivity contribution in [3.05, 3.63) is 47.1 Å². The number of benzene rings is 1. The van der Waals surface area contributed by atoms with E-state index in [4.69, 9.17) is 4.52 Å². The third-order valence-corrected chi connectivity index (χ3v) is 5.96. The van der Waals surface area contributed by atoms with Crippen molar-refractivity contribution in [2.24, 2.45) is 0 Å². The molecule has 1 aromatic carbocycles. The summed E-state index contributed by atoms with van der Waals surface area (Å²) in [7, 11) is 0. The van der Waals surface area contributed by atoms with Crippen LogP contribution in [0.15, 0.2) is 41.2 Å². The molecule has 1 aliphatic rings. The largest absolute Gasteiger partial charge is 0.352 e. The highest BCUT2D eigenvalue weighted by molar-refractivity contribution is 7.18. The molecular weight excluding hydrogens is 372 g/mol. The number of fused-ring (bicyclic) bond motifs is 1. The summed E-state index contributed by atoms with van der Waals surface area (Å²) in [6.45, 7) is 7.49. The normalized spacial score (nSPS) is 14.8. The number of hydrogen-bond donors (Lipinski definition) is 0. The Kier molecular flexibility index (Phi) is 4.20. The first kappa shape index (κ1) is 17.1. The number of aryl methyl sites for hydroxylation is 2. The minimum Gasteiger partial charge on any atom is -0.352 e. The van der Waals surface area contributed by atoms with Crippen LogP contribution in [0.25, 0.3) is 21.6 Å². The Morgan fingerprint density at radius 3 is 2.50 bits per heavy atom. The Morgan fingerprint density at radius 1 is 0.964 bits per heavy atom. The predicted octanol–water partition coefficient (Wildman–Crippen LogP) is 3.68. The Labute approximate surface area is 166 Å². The molecule has 0 aliphatic carbocycles. The number of piperazine rings is 1. The summed E-state index contributed by atoms with van der Waals surface area (Å²) in [5.41, 5.74) is 2.18. The molecule has 0 unspecified atom stereocenters. The van der Waals surface area contributed by atoms with Crippen LogP contribution in [-0.2, 0) is 0 Å². The highest BCUT2D eigenvalue weighted by Crippen LogP contribution is 2.30. The summed E-state index contributed by atoms with van der Waals surface area (Å²) in [5, 5.41) is 5.29. The van der Waals surface area contributed by atoms with Crippen molar-refractivity contribution in [1.82, 2.24) is 20.1 Å². The molecule has 142 valence electrons. The SMILES string of the molecule is Cc1ccc(-c2noc(N3CCN(c4ncnc5sc(C)cc45)CC3)n2)cc1. The minimum absolute atomic E-state index is 0.578. The second-order valence-electron chi connectivity index (χ2n) is 7.01. The zero-order chi connectivity index (χ0) is 19.1. The molecule has 1 saturated heterocycles. The maximum atomic E-state index is 5.53. The van der Waals surface area contributed by atoms with Crippen molar-refractivity contribution in [3.63, 3.8) is 0 Å². The van der Waals surface area contributed by atoms with Gasteiger partial charge in [-0.1, -0.05) is 35.0 Å². The molecule has 7 nitrogen and oxygen atoms in total. The molecule has 4 aromatic rings. The van der Waals surface area contributed by atoms with Gasteiger partial charge in [0.05, 0.1) is 5.39 Å². The van der Waals surface area contributed by atoms with Gasteiger partial charge in [0.2, 0.25) is 5.82 Å². The quantitative estimate of drug-likeness (QED) is 0.527. The van der Waals surface area contributed by atoms with Gasteiger partial charge in [0.25, 0.3) is 0 Å². The molecule has 1 fully saturated rings. The van der Waals surface area contributed by atoms with Gasteiger partial charge in [-0.05, 0) is 19.9 Å². The van der Waals surface area contributed by atoms with Crippen LogP contribution in [0.1, 0.15) is 10.4 Å². The van der Waals surface area contributed by atoms with Crippen LogP contribution in [0.3, 0.4) is 0 Å². The van der Waals surface area contributed by atoms with Gasteiger partial charge in [0.15, 0.2) is 0 Å². The molecule has 3 aromatic heterocycles. The van der Waals surface area contributed by atoms with E-state index in [1.165, 1.54) is 10.4 Å². The molecule has 0 saturated carbocycles.